The van der Waals surface area contributed by atoms with Crippen molar-refractivity contribution in [2.75, 3.05) is 32.1 Å². The molecule has 9 heteroatoms. The highest BCUT2D eigenvalue weighted by molar-refractivity contribution is 7.67. The van der Waals surface area contributed by atoms with Gasteiger partial charge in [-0.1, -0.05) is 45.9 Å². The number of hydrazone groups is 1. The van der Waals surface area contributed by atoms with Crippen molar-refractivity contribution < 1.29 is 4.92 Å². The smallest absolute Gasteiger partial charge is 0.269 e. The summed E-state index contributed by atoms with van der Waals surface area (Å²) in [5.74, 6) is 0. The van der Waals surface area contributed by atoms with Crippen molar-refractivity contribution in [2.24, 2.45) is 9.85 Å². The van der Waals surface area contributed by atoms with Gasteiger partial charge in [-0.3, -0.25) is 10.1 Å². The Morgan fingerprint density at radius 1 is 1.09 bits per heavy atom. The van der Waals surface area contributed by atoms with Gasteiger partial charge in [0, 0.05) is 56.1 Å². The van der Waals surface area contributed by atoms with Crippen molar-refractivity contribution in [1.82, 2.24) is 9.45 Å². The number of rotatable bonds is 5. The normalized spacial score (nSPS) is 23.4. The van der Waals surface area contributed by atoms with Crippen LogP contribution in [0.15, 0.2) is 69.4 Å². The predicted octanol–water partition coefficient (Wildman–Crippen LogP) is 6.17. The van der Waals surface area contributed by atoms with Crippen molar-refractivity contribution in [3.05, 3.63) is 75.2 Å². The lowest BCUT2D eigenvalue weighted by molar-refractivity contribution is -0.384. The average Bonchev–Trinajstić information content (AvgIpc) is 3.20. The lowest BCUT2D eigenvalue weighted by Gasteiger charge is -2.39. The maximum Gasteiger partial charge on any atom is 0.269 e. The summed E-state index contributed by atoms with van der Waals surface area (Å²) in [7, 11) is 1.63. The van der Waals surface area contributed by atoms with Crippen LogP contribution in [0.5, 0.6) is 0 Å². The van der Waals surface area contributed by atoms with Crippen molar-refractivity contribution in [2.45, 2.75) is 33.1 Å². The Bertz CT molecular complexity index is 1200. The molecule has 2 heterocycles. The third-order valence-electron chi connectivity index (χ3n) is 6.62. The van der Waals surface area contributed by atoms with Crippen LogP contribution in [0.2, 0.25) is 0 Å². The Balaban J connectivity index is 2.02. The number of nitro benzene ring substituents is 1. The van der Waals surface area contributed by atoms with Crippen LogP contribution in [0.1, 0.15) is 33.3 Å². The molecule has 0 spiro atoms. The number of likely N-dealkylation sites (N-methyl/N-ethyl adjacent to an activating group) is 1. The highest BCUT2D eigenvalue weighted by Gasteiger charge is 2.47. The van der Waals surface area contributed by atoms with E-state index in [-0.39, 0.29) is 16.0 Å². The van der Waals surface area contributed by atoms with Crippen molar-refractivity contribution in [3.8, 4) is 0 Å². The molecule has 0 aromatic heterocycles. The molecule has 0 amide bonds. The van der Waals surface area contributed by atoms with Gasteiger partial charge in [-0.25, -0.2) is 14.2 Å². The fraction of sp³-hybridized carbons (Fsp3) is 0.375. The minimum absolute atomic E-state index is 0.0610. The van der Waals surface area contributed by atoms with Gasteiger partial charge in [-0.05, 0) is 23.8 Å². The molecule has 0 bridgehead atoms. The van der Waals surface area contributed by atoms with E-state index >= 15 is 0 Å². The molecule has 2 aliphatic rings. The maximum absolute atomic E-state index is 11.1. The van der Waals surface area contributed by atoms with E-state index in [1.165, 1.54) is 29.1 Å². The van der Waals surface area contributed by atoms with Crippen molar-refractivity contribution >= 4 is 30.6 Å². The van der Waals surface area contributed by atoms with E-state index in [9.17, 15) is 10.1 Å². The Labute approximate surface area is 195 Å². The van der Waals surface area contributed by atoms with Gasteiger partial charge in [-0.15, -0.1) is 0 Å². The molecule has 8 nitrogen and oxygen atoms in total. The van der Waals surface area contributed by atoms with Gasteiger partial charge in [0.2, 0.25) is 0 Å². The molecule has 2 aromatic rings. The van der Waals surface area contributed by atoms with Gasteiger partial charge in [0.25, 0.3) is 5.69 Å². The summed E-state index contributed by atoms with van der Waals surface area (Å²) in [6, 6.07) is 15.0. The molecule has 0 saturated heterocycles. The second kappa shape index (κ2) is 8.43. The fourth-order valence-electron chi connectivity index (χ4n) is 5.04. The maximum atomic E-state index is 11.1. The lowest BCUT2D eigenvalue weighted by atomic mass is 9.84. The van der Waals surface area contributed by atoms with Crippen LogP contribution in [0.4, 0.5) is 17.1 Å². The molecule has 0 N–H and O–H groups in total. The first-order valence-electron chi connectivity index (χ1n) is 11.2. The van der Waals surface area contributed by atoms with Gasteiger partial charge in [0.1, 0.15) is 0 Å². The largest absolute Gasteiger partial charge is 0.346 e. The van der Waals surface area contributed by atoms with E-state index in [1.54, 1.807) is 12.1 Å². The molecule has 4 rings (SSSR count). The summed E-state index contributed by atoms with van der Waals surface area (Å²) in [5.41, 5.74) is 4.23. The van der Waals surface area contributed by atoms with E-state index in [0.29, 0.717) is 5.69 Å². The SMILES string of the molecule is CCN(CC)P1(=Nc2ccc([N+](=O)[O-])cc2)C(=C2N(C)c3ccccc3C2(C)C)C=NN1C. The highest BCUT2D eigenvalue weighted by atomic mass is 31.2. The zero-order chi connectivity index (χ0) is 24.0. The van der Waals surface area contributed by atoms with Crippen LogP contribution in [0, 0.1) is 10.1 Å². The van der Waals surface area contributed by atoms with Crippen molar-refractivity contribution in [3.63, 3.8) is 0 Å². The minimum atomic E-state index is -2.48. The van der Waals surface area contributed by atoms with Crippen LogP contribution < -0.4 is 4.90 Å². The molecule has 0 fully saturated rings. The second-order valence-corrected chi connectivity index (χ2v) is 11.7. The van der Waals surface area contributed by atoms with Crippen LogP contribution in [-0.4, -0.2) is 47.8 Å². The Hall–Kier alpha value is -2.96. The molecule has 0 saturated carbocycles. The molecular formula is C24H31N6O2P. The number of anilines is 1. The average molecular weight is 467 g/mol. The number of nitro groups is 1. The lowest BCUT2D eigenvalue weighted by Crippen LogP contribution is -2.30. The topological polar surface area (TPSA) is 77.6 Å². The predicted molar refractivity (Wildman–Crippen MR) is 136 cm³/mol. The summed E-state index contributed by atoms with van der Waals surface area (Å²) in [4.78, 5) is 13.0. The summed E-state index contributed by atoms with van der Waals surface area (Å²) < 4.78 is 9.73. The molecule has 0 radical (unpaired) electrons. The molecule has 2 aliphatic heterocycles. The Morgan fingerprint density at radius 2 is 1.73 bits per heavy atom. The van der Waals surface area contributed by atoms with Gasteiger partial charge in [-0.2, -0.15) is 5.10 Å². The van der Waals surface area contributed by atoms with E-state index < -0.39 is 7.36 Å². The van der Waals surface area contributed by atoms with Gasteiger partial charge < -0.3 is 4.90 Å². The third-order valence-corrected chi connectivity index (χ3v) is 10.4. The van der Waals surface area contributed by atoms with E-state index in [1.807, 2.05) is 18.0 Å². The van der Waals surface area contributed by atoms with E-state index in [4.69, 9.17) is 9.85 Å². The summed E-state index contributed by atoms with van der Waals surface area (Å²) in [5, 5.41) is 17.0. The van der Waals surface area contributed by atoms with E-state index in [0.717, 1.165) is 18.4 Å². The van der Waals surface area contributed by atoms with Gasteiger partial charge in [0.05, 0.1) is 22.1 Å². The number of allylic oxidation sites excluding steroid dienone is 2. The van der Waals surface area contributed by atoms with Gasteiger partial charge >= 0.3 is 0 Å². The van der Waals surface area contributed by atoms with Crippen LogP contribution in [0.3, 0.4) is 0 Å². The molecule has 2 aromatic carbocycles. The standard InChI is InChI=1S/C24H31N6O2P/c1-7-29(8-2)33(26-18-13-15-19(16-14-18)30(31)32)22(17-25-28(33)6)23-24(3,4)20-11-9-10-12-21(20)27(23)5/h9-17H,7-8H2,1-6H3. The number of hydrogen-bond donors (Lipinski definition) is 0. The van der Waals surface area contributed by atoms with Crippen LogP contribution in [0.25, 0.3) is 0 Å². The van der Waals surface area contributed by atoms with E-state index in [2.05, 4.69) is 68.6 Å². The molecular weight excluding hydrogens is 435 g/mol. The zero-order valence-corrected chi connectivity index (χ0v) is 21.0. The quantitative estimate of drug-likeness (QED) is 0.299. The molecule has 1 unspecified atom stereocenters. The summed E-state index contributed by atoms with van der Waals surface area (Å²) >= 11 is 0. The Morgan fingerprint density at radius 3 is 2.30 bits per heavy atom. The van der Waals surface area contributed by atoms with Crippen molar-refractivity contribution in [1.29, 1.82) is 0 Å². The monoisotopic (exact) mass is 466 g/mol. The molecule has 0 aliphatic carbocycles. The first-order valence-corrected chi connectivity index (χ1v) is 12.8. The minimum Gasteiger partial charge on any atom is -0.346 e. The number of para-hydroxylation sites is 1. The first-order chi connectivity index (χ1) is 15.7. The second-order valence-electron chi connectivity index (χ2n) is 8.75. The number of nitrogens with zero attached hydrogens (tertiary/aromatic N) is 6. The third kappa shape index (κ3) is 3.49. The van der Waals surface area contributed by atoms with Crippen LogP contribution >= 0.6 is 7.36 Å². The molecule has 174 valence electrons. The molecule has 33 heavy (non-hydrogen) atoms. The highest BCUT2D eigenvalue weighted by Crippen LogP contribution is 2.69. The Kier molecular flexibility index (Phi) is 5.93. The number of non-ortho nitro benzene ring substituents is 1. The first kappa shape index (κ1) is 23.2. The van der Waals surface area contributed by atoms with Crippen LogP contribution in [-0.2, 0) is 5.41 Å². The summed E-state index contributed by atoms with van der Waals surface area (Å²) in [6.07, 6.45) is 1.97. The number of benzene rings is 2. The fourth-order valence-corrected chi connectivity index (χ4v) is 8.74. The van der Waals surface area contributed by atoms with Gasteiger partial charge in [0.15, 0.2) is 7.36 Å². The number of fused-ring (bicyclic) bond motifs is 1. The zero-order valence-electron chi connectivity index (χ0n) is 20.1. The number of hydrogen-bond acceptors (Lipinski definition) is 5. The molecule has 1 atom stereocenters. The summed E-state index contributed by atoms with van der Waals surface area (Å²) in [6.45, 7) is 10.4.